The third-order valence-electron chi connectivity index (χ3n) is 2.72. The van der Waals surface area contributed by atoms with E-state index in [1.165, 1.54) is 0 Å². The normalized spacial score (nSPS) is 20.6. The van der Waals surface area contributed by atoms with E-state index in [1.807, 2.05) is 18.7 Å². The molecule has 5 heteroatoms. The summed E-state index contributed by atoms with van der Waals surface area (Å²) in [7, 11) is 0. The van der Waals surface area contributed by atoms with Crippen molar-refractivity contribution < 1.29 is 4.79 Å². The monoisotopic (exact) mass is 245 g/mol. The van der Waals surface area contributed by atoms with Crippen molar-refractivity contribution in [2.75, 3.05) is 31.9 Å². The highest BCUT2D eigenvalue weighted by atomic mass is 32.2. The molecule has 16 heavy (non-hydrogen) atoms. The van der Waals surface area contributed by atoms with Crippen molar-refractivity contribution in [2.24, 2.45) is 5.73 Å². The van der Waals surface area contributed by atoms with E-state index >= 15 is 0 Å². The first-order valence-corrected chi connectivity index (χ1v) is 7.03. The molecule has 0 aromatic heterocycles. The topological polar surface area (TPSA) is 58.4 Å². The Morgan fingerprint density at radius 2 is 2.06 bits per heavy atom. The van der Waals surface area contributed by atoms with Crippen LogP contribution in [-0.4, -0.2) is 54.0 Å². The van der Waals surface area contributed by atoms with E-state index < -0.39 is 0 Å². The van der Waals surface area contributed by atoms with Gasteiger partial charge >= 0.3 is 0 Å². The summed E-state index contributed by atoms with van der Waals surface area (Å²) in [5, 5.41) is 3.32. The van der Waals surface area contributed by atoms with Gasteiger partial charge in [-0.25, -0.2) is 0 Å². The standard InChI is InChI=1S/C11H23N3OS/c1-9(12)3-8-16-10(2)11(15)14-6-4-13-5-7-14/h9-10,13H,3-8,12H2,1-2H3. The predicted molar refractivity (Wildman–Crippen MR) is 69.6 cm³/mol. The van der Waals surface area contributed by atoms with Gasteiger partial charge in [-0.15, -0.1) is 11.8 Å². The van der Waals surface area contributed by atoms with E-state index in [2.05, 4.69) is 5.32 Å². The Morgan fingerprint density at radius 3 is 2.62 bits per heavy atom. The molecule has 1 aliphatic rings. The number of carbonyl (C=O) groups excluding carboxylic acids is 1. The highest BCUT2D eigenvalue weighted by molar-refractivity contribution is 8.00. The van der Waals surface area contributed by atoms with Crippen LogP contribution in [0.25, 0.3) is 0 Å². The van der Waals surface area contributed by atoms with E-state index in [0.717, 1.165) is 38.4 Å². The summed E-state index contributed by atoms with van der Waals surface area (Å²) >= 11 is 1.71. The van der Waals surface area contributed by atoms with Crippen LogP contribution in [0, 0.1) is 0 Å². The van der Waals surface area contributed by atoms with Crippen molar-refractivity contribution in [3.8, 4) is 0 Å². The van der Waals surface area contributed by atoms with Gasteiger partial charge in [-0.2, -0.15) is 0 Å². The molecule has 1 saturated heterocycles. The number of rotatable bonds is 5. The lowest BCUT2D eigenvalue weighted by Crippen LogP contribution is -2.48. The van der Waals surface area contributed by atoms with Gasteiger partial charge in [-0.1, -0.05) is 0 Å². The summed E-state index contributed by atoms with van der Waals surface area (Å²) in [5.41, 5.74) is 5.68. The molecule has 1 heterocycles. The van der Waals surface area contributed by atoms with Crippen LogP contribution in [0.5, 0.6) is 0 Å². The van der Waals surface area contributed by atoms with Crippen molar-refractivity contribution in [3.63, 3.8) is 0 Å². The van der Waals surface area contributed by atoms with Crippen LogP contribution in [0.3, 0.4) is 0 Å². The summed E-state index contributed by atoms with van der Waals surface area (Å²) in [6, 6.07) is 0.231. The first kappa shape index (κ1) is 13.8. The number of amides is 1. The van der Waals surface area contributed by atoms with Gasteiger partial charge in [0.2, 0.25) is 5.91 Å². The van der Waals surface area contributed by atoms with Crippen molar-refractivity contribution in [1.29, 1.82) is 0 Å². The fourth-order valence-electron chi connectivity index (χ4n) is 1.64. The summed E-state index contributed by atoms with van der Waals surface area (Å²) in [6.45, 7) is 7.53. The maximum atomic E-state index is 12.0. The molecule has 1 fully saturated rings. The Morgan fingerprint density at radius 1 is 1.44 bits per heavy atom. The molecule has 1 aliphatic heterocycles. The molecule has 2 unspecified atom stereocenters. The van der Waals surface area contributed by atoms with Crippen LogP contribution < -0.4 is 11.1 Å². The highest BCUT2D eigenvalue weighted by Gasteiger charge is 2.21. The summed E-state index contributed by atoms with van der Waals surface area (Å²) in [6.07, 6.45) is 0.976. The molecular weight excluding hydrogens is 222 g/mol. The second-order valence-electron chi connectivity index (χ2n) is 4.35. The first-order valence-electron chi connectivity index (χ1n) is 5.98. The first-order chi connectivity index (χ1) is 7.61. The number of nitrogens with two attached hydrogens (primary N) is 1. The Hall–Kier alpha value is -0.260. The number of piperazine rings is 1. The van der Waals surface area contributed by atoms with E-state index in [4.69, 9.17) is 5.73 Å². The number of hydrogen-bond donors (Lipinski definition) is 2. The van der Waals surface area contributed by atoms with Gasteiger partial charge in [0.15, 0.2) is 0 Å². The lowest BCUT2D eigenvalue weighted by Gasteiger charge is -2.29. The van der Waals surface area contributed by atoms with Gasteiger partial charge in [0.1, 0.15) is 0 Å². The third-order valence-corrected chi connectivity index (χ3v) is 3.89. The smallest absolute Gasteiger partial charge is 0.235 e. The zero-order chi connectivity index (χ0) is 12.0. The van der Waals surface area contributed by atoms with Crippen molar-refractivity contribution in [3.05, 3.63) is 0 Å². The Kier molecular flexibility index (Phi) is 6.16. The summed E-state index contributed by atoms with van der Waals surface area (Å²) in [5.74, 6) is 1.24. The maximum absolute atomic E-state index is 12.0. The zero-order valence-electron chi connectivity index (χ0n) is 10.2. The predicted octanol–water partition coefficient (Wildman–Crippen LogP) is 0.277. The molecule has 1 rings (SSSR count). The van der Waals surface area contributed by atoms with Gasteiger partial charge < -0.3 is 16.0 Å². The maximum Gasteiger partial charge on any atom is 0.235 e. The number of nitrogens with one attached hydrogen (secondary N) is 1. The molecule has 0 bridgehead atoms. The van der Waals surface area contributed by atoms with Crippen LogP contribution >= 0.6 is 11.8 Å². The zero-order valence-corrected chi connectivity index (χ0v) is 11.1. The van der Waals surface area contributed by atoms with Crippen molar-refractivity contribution in [2.45, 2.75) is 31.6 Å². The molecular formula is C11H23N3OS. The molecule has 4 nitrogen and oxygen atoms in total. The molecule has 0 saturated carbocycles. The highest BCUT2D eigenvalue weighted by Crippen LogP contribution is 2.15. The Bertz CT molecular complexity index is 217. The second-order valence-corrected chi connectivity index (χ2v) is 5.80. The van der Waals surface area contributed by atoms with E-state index in [1.54, 1.807) is 11.8 Å². The van der Waals surface area contributed by atoms with Crippen molar-refractivity contribution in [1.82, 2.24) is 10.2 Å². The average Bonchev–Trinajstić information content (AvgIpc) is 2.28. The van der Waals surface area contributed by atoms with Crippen molar-refractivity contribution >= 4 is 17.7 Å². The van der Waals surface area contributed by atoms with Gasteiger partial charge in [-0.05, 0) is 26.0 Å². The fourth-order valence-corrected chi connectivity index (χ4v) is 2.80. The van der Waals surface area contributed by atoms with Gasteiger partial charge in [-0.3, -0.25) is 4.79 Å². The van der Waals surface area contributed by atoms with Gasteiger partial charge in [0, 0.05) is 32.2 Å². The number of thioether (sulfide) groups is 1. The van der Waals surface area contributed by atoms with Crippen LogP contribution in [0.4, 0.5) is 0 Å². The quantitative estimate of drug-likeness (QED) is 0.730. The molecule has 2 atom stereocenters. The van der Waals surface area contributed by atoms with E-state index in [-0.39, 0.29) is 17.2 Å². The number of carbonyl (C=O) groups is 1. The van der Waals surface area contributed by atoms with Crippen LogP contribution in [0.15, 0.2) is 0 Å². The summed E-state index contributed by atoms with van der Waals surface area (Å²) in [4.78, 5) is 14.0. The van der Waals surface area contributed by atoms with E-state index in [9.17, 15) is 4.79 Å². The molecule has 0 aromatic carbocycles. The second kappa shape index (κ2) is 7.14. The molecule has 94 valence electrons. The molecule has 0 aromatic rings. The molecule has 1 amide bonds. The molecule has 3 N–H and O–H groups in total. The minimum Gasteiger partial charge on any atom is -0.339 e. The molecule has 0 aliphatic carbocycles. The van der Waals surface area contributed by atoms with Crippen LogP contribution in [0.2, 0.25) is 0 Å². The lowest BCUT2D eigenvalue weighted by atomic mass is 10.3. The number of nitrogens with zero attached hydrogens (tertiary/aromatic N) is 1. The minimum absolute atomic E-state index is 0.0665. The largest absolute Gasteiger partial charge is 0.339 e. The SMILES string of the molecule is CC(N)CCSC(C)C(=O)N1CCNCC1. The third kappa shape index (κ3) is 4.72. The Balaban J connectivity index is 2.23. The van der Waals surface area contributed by atoms with Crippen LogP contribution in [-0.2, 0) is 4.79 Å². The lowest BCUT2D eigenvalue weighted by molar-refractivity contribution is -0.130. The number of hydrogen-bond acceptors (Lipinski definition) is 4. The summed E-state index contributed by atoms with van der Waals surface area (Å²) < 4.78 is 0. The average molecular weight is 245 g/mol. The molecule has 0 radical (unpaired) electrons. The molecule has 0 spiro atoms. The van der Waals surface area contributed by atoms with Gasteiger partial charge in [0.25, 0.3) is 0 Å². The minimum atomic E-state index is 0.0665. The van der Waals surface area contributed by atoms with E-state index in [0.29, 0.717) is 0 Å². The fraction of sp³-hybridized carbons (Fsp3) is 0.909. The van der Waals surface area contributed by atoms with Gasteiger partial charge in [0.05, 0.1) is 5.25 Å². The Labute approximate surface area is 102 Å². The van der Waals surface area contributed by atoms with Crippen LogP contribution in [0.1, 0.15) is 20.3 Å².